The fraction of sp³-hybridized carbons (Fsp3) is 0.636. The molecule has 7 nitrogen and oxygen atoms in total. The lowest BCUT2D eigenvalue weighted by Gasteiger charge is -2.52. The maximum Gasteiger partial charge on any atom is 0.494 e. The number of likely N-dealkylation sites (tertiary alicyclic amines) is 1. The molecule has 0 unspecified atom stereocenters. The van der Waals surface area contributed by atoms with Crippen LogP contribution in [0.4, 0.5) is 4.79 Å². The summed E-state index contributed by atoms with van der Waals surface area (Å²) >= 11 is 0. The van der Waals surface area contributed by atoms with Gasteiger partial charge in [0.1, 0.15) is 5.60 Å². The monoisotopic (exact) mass is 414 g/mol. The largest absolute Gasteiger partial charge is 0.494 e. The second-order valence-corrected chi connectivity index (χ2v) is 10.7. The second-order valence-electron chi connectivity index (χ2n) is 10.7. The van der Waals surface area contributed by atoms with E-state index in [1.807, 2.05) is 66.7 Å². The van der Waals surface area contributed by atoms with Crippen LogP contribution in [-0.4, -0.2) is 60.5 Å². The van der Waals surface area contributed by atoms with Gasteiger partial charge in [0.2, 0.25) is 0 Å². The summed E-state index contributed by atoms with van der Waals surface area (Å²) in [6.07, 6.45) is -0.325. The molecule has 0 atom stereocenters. The van der Waals surface area contributed by atoms with Crippen molar-refractivity contribution >= 4 is 24.6 Å². The standard InChI is InChI=1S/C22H31BN2O5/c1-19(2,3)28-18(27)25-12-22(13-25)11-24-17(26)15-9-8-14(10-16(15)22)23-29-20(4,5)21(6,7)30-23/h8-10H,11-13H2,1-7H3,(H,24,26). The Hall–Kier alpha value is -2.06. The number of fused-ring (bicyclic) bond motifs is 2. The van der Waals surface area contributed by atoms with Gasteiger partial charge in [0.05, 0.1) is 11.2 Å². The molecule has 1 spiro atoms. The average Bonchev–Trinajstić information content (AvgIpc) is 2.79. The molecule has 1 aromatic rings. The van der Waals surface area contributed by atoms with Gasteiger partial charge in [-0.15, -0.1) is 0 Å². The normalized spacial score (nSPS) is 23.6. The summed E-state index contributed by atoms with van der Waals surface area (Å²) in [5.41, 5.74) is 0.738. The van der Waals surface area contributed by atoms with Gasteiger partial charge in [-0.1, -0.05) is 12.1 Å². The molecule has 162 valence electrons. The summed E-state index contributed by atoms with van der Waals surface area (Å²) < 4.78 is 17.9. The topological polar surface area (TPSA) is 77.1 Å². The lowest BCUT2D eigenvalue weighted by Crippen LogP contribution is -2.68. The summed E-state index contributed by atoms with van der Waals surface area (Å²) in [6, 6.07) is 5.74. The fourth-order valence-electron chi connectivity index (χ4n) is 4.19. The van der Waals surface area contributed by atoms with Gasteiger partial charge in [0.25, 0.3) is 5.91 Å². The van der Waals surface area contributed by atoms with Gasteiger partial charge in [0.15, 0.2) is 0 Å². The molecule has 3 aliphatic heterocycles. The van der Waals surface area contributed by atoms with Crippen molar-refractivity contribution in [1.29, 1.82) is 0 Å². The Morgan fingerprint density at radius 1 is 1.13 bits per heavy atom. The van der Waals surface area contributed by atoms with Gasteiger partial charge in [-0.3, -0.25) is 4.79 Å². The van der Waals surface area contributed by atoms with Crippen LogP contribution < -0.4 is 10.8 Å². The van der Waals surface area contributed by atoms with Crippen molar-refractivity contribution in [2.24, 2.45) is 0 Å². The SMILES string of the molecule is CC(C)(C)OC(=O)N1CC2(CNC(=O)c3ccc(B4OC(C)(C)C(C)(C)O4)cc32)C1. The van der Waals surface area contributed by atoms with Crippen LogP contribution in [0, 0.1) is 0 Å². The molecular formula is C22H31BN2O5. The van der Waals surface area contributed by atoms with Crippen LogP contribution in [0.5, 0.6) is 0 Å². The van der Waals surface area contributed by atoms with Crippen molar-refractivity contribution in [1.82, 2.24) is 10.2 Å². The summed E-state index contributed by atoms with van der Waals surface area (Å²) in [6.45, 7) is 15.1. The van der Waals surface area contributed by atoms with Crippen molar-refractivity contribution in [3.05, 3.63) is 29.3 Å². The highest BCUT2D eigenvalue weighted by Crippen LogP contribution is 2.40. The van der Waals surface area contributed by atoms with Crippen molar-refractivity contribution < 1.29 is 23.6 Å². The first kappa shape index (κ1) is 21.2. The molecule has 1 aromatic carbocycles. The lowest BCUT2D eigenvalue weighted by atomic mass is 9.67. The molecule has 0 radical (unpaired) electrons. The van der Waals surface area contributed by atoms with E-state index in [1.54, 1.807) is 4.90 Å². The van der Waals surface area contributed by atoms with Crippen molar-refractivity contribution in [2.45, 2.75) is 70.7 Å². The molecule has 1 N–H and O–H groups in total. The Morgan fingerprint density at radius 2 is 1.73 bits per heavy atom. The predicted molar refractivity (Wildman–Crippen MR) is 114 cm³/mol. The van der Waals surface area contributed by atoms with E-state index in [-0.39, 0.29) is 17.4 Å². The zero-order chi connectivity index (χ0) is 22.1. The molecule has 0 aliphatic carbocycles. The van der Waals surface area contributed by atoms with Gasteiger partial charge < -0.3 is 24.3 Å². The minimum Gasteiger partial charge on any atom is -0.444 e. The molecular weight excluding hydrogens is 383 g/mol. The lowest BCUT2D eigenvalue weighted by molar-refractivity contribution is -0.0105. The van der Waals surface area contributed by atoms with Gasteiger partial charge in [-0.2, -0.15) is 0 Å². The molecule has 30 heavy (non-hydrogen) atoms. The zero-order valence-electron chi connectivity index (χ0n) is 18.9. The molecule has 0 aromatic heterocycles. The summed E-state index contributed by atoms with van der Waals surface area (Å²) in [7, 11) is -0.496. The van der Waals surface area contributed by atoms with Crippen LogP contribution in [-0.2, 0) is 19.5 Å². The maximum absolute atomic E-state index is 12.5. The Kier molecular flexibility index (Phi) is 4.57. The van der Waals surface area contributed by atoms with E-state index in [2.05, 4.69) is 5.32 Å². The van der Waals surface area contributed by atoms with E-state index in [4.69, 9.17) is 14.0 Å². The molecule has 3 aliphatic rings. The molecule has 0 saturated carbocycles. The van der Waals surface area contributed by atoms with Crippen molar-refractivity contribution in [3.8, 4) is 0 Å². The fourth-order valence-corrected chi connectivity index (χ4v) is 4.19. The van der Waals surface area contributed by atoms with E-state index in [0.717, 1.165) is 11.0 Å². The minimum atomic E-state index is -0.539. The van der Waals surface area contributed by atoms with Crippen molar-refractivity contribution in [3.63, 3.8) is 0 Å². The Bertz CT molecular complexity index is 883. The average molecular weight is 414 g/mol. The first-order valence-electron chi connectivity index (χ1n) is 10.5. The third-order valence-corrected chi connectivity index (χ3v) is 6.61. The van der Waals surface area contributed by atoms with E-state index < -0.39 is 23.9 Å². The number of nitrogens with zero attached hydrogens (tertiary/aromatic N) is 1. The van der Waals surface area contributed by atoms with Crippen LogP contribution in [0.15, 0.2) is 18.2 Å². The second kappa shape index (κ2) is 6.47. The van der Waals surface area contributed by atoms with Gasteiger partial charge >= 0.3 is 13.2 Å². The van der Waals surface area contributed by atoms with E-state index in [0.29, 0.717) is 25.2 Å². The van der Waals surface area contributed by atoms with E-state index in [9.17, 15) is 9.59 Å². The number of nitrogens with one attached hydrogen (secondary N) is 1. The number of hydrogen-bond acceptors (Lipinski definition) is 5. The zero-order valence-corrected chi connectivity index (χ0v) is 18.9. The van der Waals surface area contributed by atoms with E-state index in [1.165, 1.54) is 0 Å². The van der Waals surface area contributed by atoms with Gasteiger partial charge in [-0.05, 0) is 65.6 Å². The smallest absolute Gasteiger partial charge is 0.444 e. The molecule has 2 fully saturated rings. The highest BCUT2D eigenvalue weighted by Gasteiger charge is 2.54. The quantitative estimate of drug-likeness (QED) is 0.714. The summed E-state index contributed by atoms with van der Waals surface area (Å²) in [5.74, 6) is -0.0909. The Morgan fingerprint density at radius 3 is 2.30 bits per heavy atom. The minimum absolute atomic E-state index is 0.0909. The molecule has 0 bridgehead atoms. The van der Waals surface area contributed by atoms with Gasteiger partial charge in [-0.25, -0.2) is 4.79 Å². The molecule has 2 amide bonds. The first-order chi connectivity index (χ1) is 13.7. The third-order valence-electron chi connectivity index (χ3n) is 6.61. The summed E-state index contributed by atoms with van der Waals surface area (Å²) in [5, 5.41) is 2.97. The highest BCUT2D eigenvalue weighted by atomic mass is 16.7. The third kappa shape index (κ3) is 3.40. The molecule has 8 heteroatoms. The van der Waals surface area contributed by atoms with Crippen LogP contribution in [0.1, 0.15) is 64.4 Å². The molecule has 2 saturated heterocycles. The molecule has 4 rings (SSSR count). The van der Waals surface area contributed by atoms with Crippen LogP contribution >= 0.6 is 0 Å². The highest BCUT2D eigenvalue weighted by molar-refractivity contribution is 6.62. The van der Waals surface area contributed by atoms with E-state index >= 15 is 0 Å². The number of amides is 2. The first-order valence-corrected chi connectivity index (χ1v) is 10.5. The number of hydrogen-bond donors (Lipinski definition) is 1. The maximum atomic E-state index is 12.5. The predicted octanol–water partition coefficient (Wildman–Crippen LogP) is 2.22. The summed E-state index contributed by atoms with van der Waals surface area (Å²) in [4.78, 5) is 26.6. The molecule has 3 heterocycles. The van der Waals surface area contributed by atoms with Crippen molar-refractivity contribution in [2.75, 3.05) is 19.6 Å². The number of carbonyl (C=O) groups excluding carboxylic acids is 2. The van der Waals surface area contributed by atoms with Crippen LogP contribution in [0.3, 0.4) is 0 Å². The Labute approximate surface area is 178 Å². The number of rotatable bonds is 1. The number of carbonyl (C=O) groups is 2. The van der Waals surface area contributed by atoms with Crippen LogP contribution in [0.25, 0.3) is 0 Å². The van der Waals surface area contributed by atoms with Crippen LogP contribution in [0.2, 0.25) is 0 Å². The van der Waals surface area contributed by atoms with Gasteiger partial charge in [0, 0.05) is 30.6 Å². The Balaban J connectivity index is 1.60. The number of benzene rings is 1. The number of ether oxygens (including phenoxy) is 1.